The molecule has 0 unspecified atom stereocenters. The molecule has 2 aromatic carbocycles. The number of pyridine rings is 1. The van der Waals surface area contributed by atoms with Gasteiger partial charge in [-0.05, 0) is 60.6 Å². The zero-order valence-electron chi connectivity index (χ0n) is 21.9. The Morgan fingerprint density at radius 3 is 2.30 bits per heavy atom. The number of nitrogens with zero attached hydrogens (tertiary/aromatic N) is 3. The lowest BCUT2D eigenvalue weighted by Gasteiger charge is -2.37. The van der Waals surface area contributed by atoms with Crippen LogP contribution < -0.4 is 10.3 Å². The SMILES string of the molecule is C[C@@H]1C(=O)N(C)CCN1CCOc1ccc(CCc2ccc(-c3cn(C)c(=O)c4c3C=CC4)cc2)cc1. The van der Waals surface area contributed by atoms with Gasteiger partial charge in [-0.15, -0.1) is 0 Å². The fourth-order valence-electron chi connectivity index (χ4n) is 5.26. The van der Waals surface area contributed by atoms with E-state index in [1.165, 1.54) is 11.1 Å². The molecular weight excluding hydrogens is 462 g/mol. The summed E-state index contributed by atoms with van der Waals surface area (Å²) in [5.41, 5.74) is 6.86. The number of carbonyl (C=O) groups is 1. The predicted molar refractivity (Wildman–Crippen MR) is 148 cm³/mol. The van der Waals surface area contributed by atoms with E-state index >= 15 is 0 Å². The Morgan fingerprint density at radius 2 is 1.59 bits per heavy atom. The molecule has 6 heteroatoms. The molecule has 1 saturated heterocycles. The Kier molecular flexibility index (Phi) is 7.28. The van der Waals surface area contributed by atoms with Gasteiger partial charge in [-0.3, -0.25) is 14.5 Å². The number of rotatable bonds is 8. The minimum atomic E-state index is -0.0853. The van der Waals surface area contributed by atoms with Gasteiger partial charge in [0.15, 0.2) is 0 Å². The summed E-state index contributed by atoms with van der Waals surface area (Å²) in [5, 5.41) is 0. The van der Waals surface area contributed by atoms with Crippen molar-refractivity contribution in [2.24, 2.45) is 7.05 Å². The average Bonchev–Trinajstić information content (AvgIpc) is 3.41. The number of aromatic nitrogens is 1. The van der Waals surface area contributed by atoms with Gasteiger partial charge in [-0.25, -0.2) is 0 Å². The fourth-order valence-corrected chi connectivity index (χ4v) is 5.26. The van der Waals surface area contributed by atoms with E-state index in [1.807, 2.05) is 39.3 Å². The third-order valence-electron chi connectivity index (χ3n) is 7.66. The fraction of sp³-hybridized carbons (Fsp3) is 0.355. The Bertz CT molecular complexity index is 1360. The van der Waals surface area contributed by atoms with Gasteiger partial charge < -0.3 is 14.2 Å². The monoisotopic (exact) mass is 497 g/mol. The highest BCUT2D eigenvalue weighted by Gasteiger charge is 2.28. The maximum atomic E-state index is 12.4. The molecule has 6 nitrogen and oxygen atoms in total. The van der Waals surface area contributed by atoms with E-state index in [9.17, 15) is 9.59 Å². The van der Waals surface area contributed by atoms with Crippen molar-refractivity contribution in [3.63, 3.8) is 0 Å². The summed E-state index contributed by atoms with van der Waals surface area (Å²) in [6, 6.07) is 16.9. The van der Waals surface area contributed by atoms with Gasteiger partial charge in [0.05, 0.1) is 6.04 Å². The molecule has 0 N–H and O–H groups in total. The van der Waals surface area contributed by atoms with Crippen molar-refractivity contribution in [3.8, 4) is 16.9 Å². The van der Waals surface area contributed by atoms with Crippen LogP contribution in [0.15, 0.2) is 65.6 Å². The van der Waals surface area contributed by atoms with Crippen molar-refractivity contribution >= 4 is 12.0 Å². The molecule has 0 saturated carbocycles. The molecule has 0 spiro atoms. The maximum Gasteiger partial charge on any atom is 0.254 e. The molecule has 1 amide bonds. The second-order valence-corrected chi connectivity index (χ2v) is 10.1. The van der Waals surface area contributed by atoms with Crippen molar-refractivity contribution < 1.29 is 9.53 Å². The van der Waals surface area contributed by atoms with Crippen LogP contribution >= 0.6 is 0 Å². The van der Waals surface area contributed by atoms with Crippen molar-refractivity contribution in [2.45, 2.75) is 32.2 Å². The first kappa shape index (κ1) is 25.0. The summed E-state index contributed by atoms with van der Waals surface area (Å²) in [6.45, 7) is 4.94. The van der Waals surface area contributed by atoms with E-state index in [4.69, 9.17) is 4.74 Å². The number of piperazine rings is 1. The lowest BCUT2D eigenvalue weighted by atomic mass is 9.97. The largest absolute Gasteiger partial charge is 0.492 e. The van der Waals surface area contributed by atoms with Crippen LogP contribution in [0, 0.1) is 0 Å². The van der Waals surface area contributed by atoms with Gasteiger partial charge in [0.25, 0.3) is 5.56 Å². The summed E-state index contributed by atoms with van der Waals surface area (Å²) in [5.74, 6) is 1.04. The number of amides is 1. The lowest BCUT2D eigenvalue weighted by Crippen LogP contribution is -2.55. The number of aryl methyl sites for hydroxylation is 3. The molecular formula is C31H35N3O3. The first-order valence-corrected chi connectivity index (χ1v) is 13.1. The van der Waals surface area contributed by atoms with Crippen molar-refractivity contribution in [1.82, 2.24) is 14.4 Å². The number of allylic oxidation sites excluding steroid dienone is 1. The number of likely N-dealkylation sites (N-methyl/N-ethyl adjacent to an activating group) is 1. The smallest absolute Gasteiger partial charge is 0.254 e. The van der Waals surface area contributed by atoms with Crippen molar-refractivity contribution in [2.75, 3.05) is 33.3 Å². The lowest BCUT2D eigenvalue weighted by molar-refractivity contribution is -0.139. The Balaban J connectivity index is 1.13. The summed E-state index contributed by atoms with van der Waals surface area (Å²) >= 11 is 0. The molecule has 192 valence electrons. The maximum absolute atomic E-state index is 12.4. The number of hydrogen-bond acceptors (Lipinski definition) is 4. The highest BCUT2D eigenvalue weighted by atomic mass is 16.5. The van der Waals surface area contributed by atoms with Gasteiger partial charge in [0.1, 0.15) is 12.4 Å². The van der Waals surface area contributed by atoms with E-state index in [-0.39, 0.29) is 17.5 Å². The molecule has 1 aromatic heterocycles. The topological polar surface area (TPSA) is 54.8 Å². The molecule has 37 heavy (non-hydrogen) atoms. The van der Waals surface area contributed by atoms with Crippen LogP contribution in [-0.4, -0.2) is 59.6 Å². The summed E-state index contributed by atoms with van der Waals surface area (Å²) in [7, 11) is 3.69. The Morgan fingerprint density at radius 1 is 0.919 bits per heavy atom. The summed E-state index contributed by atoms with van der Waals surface area (Å²) in [6.07, 6.45) is 8.71. The minimum absolute atomic E-state index is 0.0853. The van der Waals surface area contributed by atoms with Crippen LogP contribution in [0.4, 0.5) is 0 Å². The van der Waals surface area contributed by atoms with Crippen molar-refractivity contribution in [3.05, 3.63) is 93.4 Å². The van der Waals surface area contributed by atoms with Crippen LogP contribution in [0.2, 0.25) is 0 Å². The van der Waals surface area contributed by atoms with E-state index in [0.29, 0.717) is 13.0 Å². The Labute approximate surface area is 218 Å². The first-order valence-electron chi connectivity index (χ1n) is 13.1. The Hall–Kier alpha value is -3.64. The number of carbonyl (C=O) groups excluding carboxylic acids is 1. The molecule has 1 aliphatic heterocycles. The zero-order chi connectivity index (χ0) is 25.9. The van der Waals surface area contributed by atoms with Crippen LogP contribution in [0.25, 0.3) is 17.2 Å². The van der Waals surface area contributed by atoms with Gasteiger partial charge in [-0.2, -0.15) is 0 Å². The molecule has 1 atom stereocenters. The molecule has 0 bridgehead atoms. The normalized spacial score (nSPS) is 17.3. The molecule has 2 aliphatic rings. The highest BCUT2D eigenvalue weighted by Crippen LogP contribution is 2.29. The molecule has 5 rings (SSSR count). The highest BCUT2D eigenvalue weighted by molar-refractivity contribution is 5.82. The van der Waals surface area contributed by atoms with E-state index in [0.717, 1.165) is 60.5 Å². The molecule has 3 aromatic rings. The third kappa shape index (κ3) is 5.39. The number of hydrogen-bond donors (Lipinski definition) is 0. The predicted octanol–water partition coefficient (Wildman–Crippen LogP) is 3.95. The second kappa shape index (κ2) is 10.8. The van der Waals surface area contributed by atoms with Crippen LogP contribution in [0.3, 0.4) is 0 Å². The number of fused-ring (bicyclic) bond motifs is 1. The standard InChI is InChI=1S/C31H35N3O3/c1-22-30(35)32(2)17-18-34(22)19-20-37-26-15-11-24(12-16-26)8-7-23-9-13-25(14-10-23)29-21-33(3)31(36)28-6-4-5-27(28)29/h4-5,9-16,21-22H,6-8,17-20H2,1-3H3/t22-/m1/s1. The van der Waals surface area contributed by atoms with Gasteiger partial charge in [0, 0.05) is 51.1 Å². The average molecular weight is 498 g/mol. The third-order valence-corrected chi connectivity index (χ3v) is 7.66. The quantitative estimate of drug-likeness (QED) is 0.473. The van der Waals surface area contributed by atoms with Crippen LogP contribution in [-0.2, 0) is 31.1 Å². The van der Waals surface area contributed by atoms with Crippen LogP contribution in [0.5, 0.6) is 5.75 Å². The van der Waals surface area contributed by atoms with Gasteiger partial charge in [0.2, 0.25) is 5.91 Å². The molecule has 0 radical (unpaired) electrons. The first-order chi connectivity index (χ1) is 17.9. The van der Waals surface area contributed by atoms with Crippen LogP contribution in [0.1, 0.15) is 29.2 Å². The zero-order valence-corrected chi connectivity index (χ0v) is 21.9. The molecule has 2 heterocycles. The van der Waals surface area contributed by atoms with Gasteiger partial charge in [-0.1, -0.05) is 48.6 Å². The number of ether oxygens (including phenoxy) is 1. The summed E-state index contributed by atoms with van der Waals surface area (Å²) in [4.78, 5) is 28.5. The van der Waals surface area contributed by atoms with Crippen molar-refractivity contribution in [1.29, 1.82) is 0 Å². The molecule has 1 fully saturated rings. The van der Waals surface area contributed by atoms with E-state index < -0.39 is 0 Å². The van der Waals surface area contributed by atoms with E-state index in [1.54, 1.807) is 9.47 Å². The van der Waals surface area contributed by atoms with E-state index in [2.05, 4.69) is 53.5 Å². The summed E-state index contributed by atoms with van der Waals surface area (Å²) < 4.78 is 7.64. The second-order valence-electron chi connectivity index (χ2n) is 10.1. The minimum Gasteiger partial charge on any atom is -0.492 e. The molecule has 1 aliphatic carbocycles. The van der Waals surface area contributed by atoms with Gasteiger partial charge >= 0.3 is 0 Å². The number of benzene rings is 2.